The molecular formula is C14H21N3O3. The molecule has 20 heavy (non-hydrogen) atoms. The van der Waals surface area contributed by atoms with Crippen LogP contribution in [-0.2, 0) is 16.1 Å². The molecule has 0 bridgehead atoms. The van der Waals surface area contributed by atoms with Crippen LogP contribution in [0.2, 0.25) is 0 Å². The summed E-state index contributed by atoms with van der Waals surface area (Å²) in [5.41, 5.74) is 6.56. The molecule has 0 spiro atoms. The second-order valence-electron chi connectivity index (χ2n) is 4.96. The summed E-state index contributed by atoms with van der Waals surface area (Å²) in [6.45, 7) is 3.85. The lowest BCUT2D eigenvalue weighted by Gasteiger charge is -2.26. The zero-order chi connectivity index (χ0) is 14.5. The molecule has 1 aliphatic rings. The number of hydrogen-bond donors (Lipinski definition) is 1. The van der Waals surface area contributed by atoms with E-state index in [0.29, 0.717) is 17.9 Å². The number of hydrogen-bond acceptors (Lipinski definition) is 4. The van der Waals surface area contributed by atoms with Crippen LogP contribution in [0.1, 0.15) is 36.7 Å². The van der Waals surface area contributed by atoms with Crippen LogP contribution in [0, 0.1) is 0 Å². The first kappa shape index (κ1) is 14.4. The number of nitrogens with zero attached hydrogens (tertiary/aromatic N) is 2. The summed E-state index contributed by atoms with van der Waals surface area (Å²) in [6.07, 6.45) is 4.89. The summed E-state index contributed by atoms with van der Waals surface area (Å²) in [4.78, 5) is 25.6. The van der Waals surface area contributed by atoms with Crippen molar-refractivity contribution in [3.63, 3.8) is 0 Å². The van der Waals surface area contributed by atoms with Gasteiger partial charge in [-0.2, -0.15) is 0 Å². The minimum atomic E-state index is -0.506. The molecule has 6 nitrogen and oxygen atoms in total. The van der Waals surface area contributed by atoms with E-state index in [1.807, 2.05) is 6.92 Å². The number of carbonyl (C=O) groups is 2. The third kappa shape index (κ3) is 3.31. The van der Waals surface area contributed by atoms with Crippen LogP contribution < -0.4 is 5.73 Å². The van der Waals surface area contributed by atoms with E-state index in [4.69, 9.17) is 10.5 Å². The first-order chi connectivity index (χ1) is 9.61. The Kier molecular flexibility index (Phi) is 4.65. The van der Waals surface area contributed by atoms with Gasteiger partial charge in [-0.25, -0.2) is 4.79 Å². The van der Waals surface area contributed by atoms with Gasteiger partial charge in [0.05, 0.1) is 5.69 Å². The van der Waals surface area contributed by atoms with Gasteiger partial charge in [0.1, 0.15) is 5.69 Å². The number of aromatic nitrogens is 1. The highest BCUT2D eigenvalue weighted by atomic mass is 16.5. The second-order valence-corrected chi connectivity index (χ2v) is 4.96. The first-order valence-electron chi connectivity index (χ1n) is 7.02. The van der Waals surface area contributed by atoms with Gasteiger partial charge in [-0.1, -0.05) is 0 Å². The van der Waals surface area contributed by atoms with Crippen LogP contribution in [0.3, 0.4) is 0 Å². The van der Waals surface area contributed by atoms with Gasteiger partial charge in [0.15, 0.2) is 6.61 Å². The topological polar surface area (TPSA) is 77.6 Å². The van der Waals surface area contributed by atoms with Crippen molar-refractivity contribution in [2.75, 3.05) is 25.4 Å². The van der Waals surface area contributed by atoms with Crippen LogP contribution >= 0.6 is 0 Å². The Labute approximate surface area is 118 Å². The lowest BCUT2D eigenvalue weighted by molar-refractivity contribution is -0.135. The summed E-state index contributed by atoms with van der Waals surface area (Å²) in [7, 11) is 0. The van der Waals surface area contributed by atoms with Crippen LogP contribution in [0.4, 0.5) is 5.69 Å². The van der Waals surface area contributed by atoms with E-state index in [1.54, 1.807) is 21.7 Å². The fraction of sp³-hybridized carbons (Fsp3) is 0.571. The number of aryl methyl sites for hydroxylation is 1. The Morgan fingerprint density at radius 1 is 1.30 bits per heavy atom. The molecule has 110 valence electrons. The van der Waals surface area contributed by atoms with Gasteiger partial charge in [-0.05, 0) is 32.3 Å². The van der Waals surface area contributed by atoms with E-state index in [0.717, 1.165) is 32.4 Å². The van der Waals surface area contributed by atoms with Gasteiger partial charge >= 0.3 is 5.97 Å². The molecule has 2 N–H and O–H groups in total. The van der Waals surface area contributed by atoms with Gasteiger partial charge in [0.2, 0.25) is 0 Å². The molecule has 1 amide bonds. The number of anilines is 1. The molecule has 1 fully saturated rings. The van der Waals surface area contributed by atoms with E-state index in [9.17, 15) is 9.59 Å². The molecule has 0 aromatic carbocycles. The highest BCUT2D eigenvalue weighted by Gasteiger charge is 2.19. The van der Waals surface area contributed by atoms with Crippen molar-refractivity contribution >= 4 is 17.6 Å². The molecule has 0 radical (unpaired) electrons. The van der Waals surface area contributed by atoms with Crippen LogP contribution in [0.15, 0.2) is 12.3 Å². The van der Waals surface area contributed by atoms with Crippen molar-refractivity contribution < 1.29 is 14.3 Å². The average Bonchev–Trinajstić information content (AvgIpc) is 2.86. The number of nitrogen functional groups attached to an aromatic ring is 1. The fourth-order valence-electron chi connectivity index (χ4n) is 2.40. The van der Waals surface area contributed by atoms with E-state index >= 15 is 0 Å². The van der Waals surface area contributed by atoms with E-state index in [-0.39, 0.29) is 12.5 Å². The van der Waals surface area contributed by atoms with E-state index < -0.39 is 5.97 Å². The number of nitrogens with two attached hydrogens (primary N) is 1. The molecule has 0 unspecified atom stereocenters. The fourth-order valence-corrected chi connectivity index (χ4v) is 2.40. The zero-order valence-corrected chi connectivity index (χ0v) is 11.8. The number of rotatable bonds is 4. The lowest BCUT2D eigenvalue weighted by Crippen LogP contribution is -2.38. The lowest BCUT2D eigenvalue weighted by atomic mass is 10.1. The number of esters is 1. The summed E-state index contributed by atoms with van der Waals surface area (Å²) >= 11 is 0. The van der Waals surface area contributed by atoms with E-state index in [1.165, 1.54) is 0 Å². The van der Waals surface area contributed by atoms with Crippen molar-refractivity contribution in [3.05, 3.63) is 18.0 Å². The molecule has 6 heteroatoms. The normalized spacial score (nSPS) is 15.2. The number of piperidine rings is 1. The predicted octanol–water partition coefficient (Wildman–Crippen LogP) is 1.26. The largest absolute Gasteiger partial charge is 0.451 e. The van der Waals surface area contributed by atoms with Gasteiger partial charge in [-0.3, -0.25) is 4.79 Å². The summed E-state index contributed by atoms with van der Waals surface area (Å²) < 4.78 is 6.80. The Balaban J connectivity index is 1.89. The van der Waals surface area contributed by atoms with Crippen LogP contribution in [0.25, 0.3) is 0 Å². The number of ether oxygens (including phenoxy) is 1. The van der Waals surface area contributed by atoms with Crippen molar-refractivity contribution in [3.8, 4) is 0 Å². The zero-order valence-electron chi connectivity index (χ0n) is 11.8. The number of amides is 1. The molecule has 0 aliphatic carbocycles. The van der Waals surface area contributed by atoms with E-state index in [2.05, 4.69) is 0 Å². The van der Waals surface area contributed by atoms with Crippen molar-refractivity contribution in [1.29, 1.82) is 0 Å². The Morgan fingerprint density at radius 2 is 2.00 bits per heavy atom. The molecule has 1 saturated heterocycles. The highest BCUT2D eigenvalue weighted by Crippen LogP contribution is 2.13. The molecule has 0 saturated carbocycles. The third-order valence-corrected chi connectivity index (χ3v) is 3.50. The minimum Gasteiger partial charge on any atom is -0.451 e. The smallest absolute Gasteiger partial charge is 0.355 e. The standard InChI is InChI=1S/C14H21N3O3/c1-2-16-9-11(15)8-12(16)14(19)20-10-13(18)17-6-4-3-5-7-17/h8-9H,2-7,10,15H2,1H3. The number of carbonyl (C=O) groups excluding carboxylic acids is 2. The van der Waals surface area contributed by atoms with Crippen LogP contribution in [-0.4, -0.2) is 41.0 Å². The van der Waals surface area contributed by atoms with Gasteiger partial charge < -0.3 is 19.9 Å². The maximum absolute atomic E-state index is 12.0. The molecule has 1 aliphatic heterocycles. The van der Waals surface area contributed by atoms with Gasteiger partial charge in [0.25, 0.3) is 5.91 Å². The molecule has 1 aromatic heterocycles. The predicted molar refractivity (Wildman–Crippen MR) is 75.2 cm³/mol. The second kappa shape index (κ2) is 6.45. The summed E-state index contributed by atoms with van der Waals surface area (Å²) in [6, 6.07) is 1.57. The van der Waals surface area contributed by atoms with Gasteiger partial charge in [-0.15, -0.1) is 0 Å². The molecular weight excluding hydrogens is 258 g/mol. The van der Waals surface area contributed by atoms with Gasteiger partial charge in [0, 0.05) is 25.8 Å². The Hall–Kier alpha value is -1.98. The monoisotopic (exact) mass is 279 g/mol. The van der Waals surface area contributed by atoms with Crippen molar-refractivity contribution in [2.24, 2.45) is 0 Å². The molecule has 1 aromatic rings. The quantitative estimate of drug-likeness (QED) is 0.842. The van der Waals surface area contributed by atoms with Crippen molar-refractivity contribution in [2.45, 2.75) is 32.7 Å². The SMILES string of the molecule is CCn1cc(N)cc1C(=O)OCC(=O)N1CCCCC1. The maximum atomic E-state index is 12.0. The van der Waals surface area contributed by atoms with Crippen molar-refractivity contribution in [1.82, 2.24) is 9.47 Å². The Bertz CT molecular complexity index is 490. The van der Waals surface area contributed by atoms with Crippen LogP contribution in [0.5, 0.6) is 0 Å². The first-order valence-corrected chi connectivity index (χ1v) is 7.02. The third-order valence-electron chi connectivity index (χ3n) is 3.50. The minimum absolute atomic E-state index is 0.124. The summed E-state index contributed by atoms with van der Waals surface area (Å²) in [5, 5.41) is 0. The Morgan fingerprint density at radius 3 is 2.65 bits per heavy atom. The number of likely N-dealkylation sites (tertiary alicyclic amines) is 1. The highest BCUT2D eigenvalue weighted by molar-refractivity contribution is 5.91. The maximum Gasteiger partial charge on any atom is 0.355 e. The summed E-state index contributed by atoms with van der Waals surface area (Å²) in [5.74, 6) is -0.630. The molecule has 0 atom stereocenters. The molecule has 2 rings (SSSR count). The molecule has 2 heterocycles. The average molecular weight is 279 g/mol.